The van der Waals surface area contributed by atoms with E-state index >= 15 is 0 Å². The monoisotopic (exact) mass is 794 g/mol. The second-order valence-corrected chi connectivity index (χ2v) is 15.7. The van der Waals surface area contributed by atoms with Crippen LogP contribution in [0.4, 0.5) is 34.1 Å². The van der Waals surface area contributed by atoms with Crippen LogP contribution in [0.2, 0.25) is 0 Å². The van der Waals surface area contributed by atoms with Crippen molar-refractivity contribution in [2.45, 2.75) is 0 Å². The highest BCUT2D eigenvalue weighted by Crippen LogP contribution is 2.51. The summed E-state index contributed by atoms with van der Waals surface area (Å²) in [5.41, 5.74) is 13.9. The first kappa shape index (κ1) is 35.6. The fourth-order valence-electron chi connectivity index (χ4n) is 9.22. The van der Waals surface area contributed by atoms with Crippen LogP contribution in [0.1, 0.15) is 0 Å². The average molecular weight is 795 g/mol. The highest BCUT2D eigenvalue weighted by atomic mass is 16.3. The first-order valence-corrected chi connectivity index (χ1v) is 21.0. The third-order valence-corrected chi connectivity index (χ3v) is 12.0. The Balaban J connectivity index is 1.19. The molecule has 0 amide bonds. The van der Waals surface area contributed by atoms with Crippen LogP contribution in [0.5, 0.6) is 0 Å². The summed E-state index contributed by atoms with van der Waals surface area (Å²) in [6.45, 7) is 0. The van der Waals surface area contributed by atoms with Gasteiger partial charge >= 0.3 is 0 Å². The molecule has 0 N–H and O–H groups in total. The summed E-state index contributed by atoms with van der Waals surface area (Å²) in [6.07, 6.45) is 0. The molecule has 0 saturated carbocycles. The second-order valence-electron chi connectivity index (χ2n) is 15.7. The molecular formula is C58H38N2O2. The van der Waals surface area contributed by atoms with Gasteiger partial charge in [-0.25, -0.2) is 0 Å². The van der Waals surface area contributed by atoms with Gasteiger partial charge in [-0.15, -0.1) is 0 Å². The summed E-state index contributed by atoms with van der Waals surface area (Å²) in [4.78, 5) is 4.77. The van der Waals surface area contributed by atoms with Gasteiger partial charge in [-0.05, 0) is 82.7 Å². The predicted octanol–water partition coefficient (Wildman–Crippen LogP) is 16.9. The lowest BCUT2D eigenvalue weighted by Gasteiger charge is -2.31. The molecule has 0 radical (unpaired) electrons. The standard InChI is InChI=1S/C58H38N2O2/c1-4-17-39(18-5-1)40-31-34-44(35-32-40)59(50-27-14-12-24-46(50)41-19-6-2-7-20-41)45-37-52(57-49-36-33-42-21-10-11-25-47(42)58(49)62-55(57)38-45)60(43-22-8-3-9-23-43)51-28-16-30-54-56(51)48-26-13-15-29-53(48)61-54/h1-38H. The fraction of sp³-hybridized carbons (Fsp3) is 0. The Kier molecular flexibility index (Phi) is 8.46. The molecule has 4 heteroatoms. The molecule has 0 fully saturated rings. The molecule has 0 unspecified atom stereocenters. The second kappa shape index (κ2) is 14.7. The molecule has 62 heavy (non-hydrogen) atoms. The van der Waals surface area contributed by atoms with Crippen molar-refractivity contribution in [2.24, 2.45) is 0 Å². The summed E-state index contributed by atoms with van der Waals surface area (Å²) in [7, 11) is 0. The minimum Gasteiger partial charge on any atom is -0.456 e. The Morgan fingerprint density at radius 1 is 0.290 bits per heavy atom. The first-order valence-electron chi connectivity index (χ1n) is 21.0. The molecule has 0 aliphatic heterocycles. The summed E-state index contributed by atoms with van der Waals surface area (Å²) >= 11 is 0. The first-order chi connectivity index (χ1) is 30.8. The molecule has 12 aromatic rings. The van der Waals surface area contributed by atoms with Crippen molar-refractivity contribution in [1.29, 1.82) is 0 Å². The van der Waals surface area contributed by atoms with Crippen LogP contribution in [0, 0.1) is 0 Å². The van der Waals surface area contributed by atoms with Crippen molar-refractivity contribution >= 4 is 88.8 Å². The molecule has 0 spiro atoms. The maximum atomic E-state index is 7.15. The van der Waals surface area contributed by atoms with Crippen LogP contribution in [-0.2, 0) is 0 Å². The molecule has 12 rings (SSSR count). The number of hydrogen-bond acceptors (Lipinski definition) is 4. The zero-order valence-corrected chi connectivity index (χ0v) is 33.7. The van der Waals surface area contributed by atoms with Gasteiger partial charge in [0.25, 0.3) is 0 Å². The van der Waals surface area contributed by atoms with E-state index in [4.69, 9.17) is 8.83 Å². The van der Waals surface area contributed by atoms with E-state index in [0.717, 1.165) is 105 Å². The van der Waals surface area contributed by atoms with E-state index in [1.807, 2.05) is 12.1 Å². The van der Waals surface area contributed by atoms with Crippen LogP contribution < -0.4 is 9.80 Å². The van der Waals surface area contributed by atoms with E-state index in [1.165, 1.54) is 5.56 Å². The maximum absolute atomic E-state index is 7.15. The molecule has 0 aliphatic rings. The van der Waals surface area contributed by atoms with Crippen molar-refractivity contribution in [2.75, 3.05) is 9.80 Å². The third kappa shape index (κ3) is 5.92. The minimum atomic E-state index is 0.789. The largest absolute Gasteiger partial charge is 0.456 e. The van der Waals surface area contributed by atoms with Crippen molar-refractivity contribution in [3.05, 3.63) is 231 Å². The predicted molar refractivity (Wildman–Crippen MR) is 259 cm³/mol. The molecule has 0 bridgehead atoms. The van der Waals surface area contributed by atoms with Gasteiger partial charge < -0.3 is 18.6 Å². The van der Waals surface area contributed by atoms with E-state index < -0.39 is 0 Å². The van der Waals surface area contributed by atoms with Crippen molar-refractivity contribution in [1.82, 2.24) is 0 Å². The van der Waals surface area contributed by atoms with E-state index in [2.05, 4.69) is 228 Å². The van der Waals surface area contributed by atoms with Crippen molar-refractivity contribution in [3.63, 3.8) is 0 Å². The van der Waals surface area contributed by atoms with Crippen molar-refractivity contribution < 1.29 is 8.83 Å². The quantitative estimate of drug-likeness (QED) is 0.153. The van der Waals surface area contributed by atoms with Crippen LogP contribution in [0.15, 0.2) is 239 Å². The number of anilines is 6. The highest BCUT2D eigenvalue weighted by Gasteiger charge is 2.27. The number of benzene rings is 10. The molecule has 292 valence electrons. The molecule has 0 saturated heterocycles. The Morgan fingerprint density at radius 2 is 0.887 bits per heavy atom. The Bertz CT molecular complexity index is 3570. The number of para-hydroxylation sites is 3. The van der Waals surface area contributed by atoms with E-state index in [0.29, 0.717) is 0 Å². The number of rotatable bonds is 8. The molecule has 0 aliphatic carbocycles. The lowest BCUT2D eigenvalue weighted by Crippen LogP contribution is -2.14. The summed E-state index contributed by atoms with van der Waals surface area (Å²) in [6, 6.07) is 81.5. The summed E-state index contributed by atoms with van der Waals surface area (Å²) in [5, 5.41) is 6.39. The molecule has 10 aromatic carbocycles. The van der Waals surface area contributed by atoms with Crippen LogP contribution in [0.3, 0.4) is 0 Å². The van der Waals surface area contributed by atoms with Crippen LogP contribution in [0.25, 0.3) is 76.9 Å². The Hall–Kier alpha value is -8.34. The zero-order valence-electron chi connectivity index (χ0n) is 33.7. The van der Waals surface area contributed by atoms with Gasteiger partial charge in [0.1, 0.15) is 22.3 Å². The van der Waals surface area contributed by atoms with Gasteiger partial charge in [-0.3, -0.25) is 0 Å². The van der Waals surface area contributed by atoms with E-state index in [1.54, 1.807) is 0 Å². The number of furan rings is 2. The highest BCUT2D eigenvalue weighted by molar-refractivity contribution is 6.22. The molecule has 4 nitrogen and oxygen atoms in total. The molecule has 2 heterocycles. The summed E-state index contributed by atoms with van der Waals surface area (Å²) < 4.78 is 13.7. The minimum absolute atomic E-state index is 0.789. The van der Waals surface area contributed by atoms with E-state index in [9.17, 15) is 0 Å². The van der Waals surface area contributed by atoms with Gasteiger partial charge in [-0.1, -0.05) is 164 Å². The SMILES string of the molecule is c1ccc(-c2ccc(N(c3cc(N(c4ccccc4)c4cccc5oc6ccccc6c45)c4c(c3)oc3c5ccccc5ccc34)c3ccccc3-c3ccccc3)cc2)cc1. The normalized spacial score (nSPS) is 11.5. The number of fused-ring (bicyclic) bond motifs is 8. The summed E-state index contributed by atoms with van der Waals surface area (Å²) in [5.74, 6) is 0. The zero-order chi connectivity index (χ0) is 41.0. The lowest BCUT2D eigenvalue weighted by molar-refractivity contribution is 0.669. The van der Waals surface area contributed by atoms with Gasteiger partial charge in [-0.2, -0.15) is 0 Å². The Morgan fingerprint density at radius 3 is 1.69 bits per heavy atom. The topological polar surface area (TPSA) is 32.8 Å². The van der Waals surface area contributed by atoms with E-state index in [-0.39, 0.29) is 0 Å². The molecular weight excluding hydrogens is 757 g/mol. The number of hydrogen-bond donors (Lipinski definition) is 0. The third-order valence-electron chi connectivity index (χ3n) is 12.0. The fourth-order valence-corrected chi connectivity index (χ4v) is 9.22. The van der Waals surface area contributed by atoms with Crippen LogP contribution in [-0.4, -0.2) is 0 Å². The average Bonchev–Trinajstić information content (AvgIpc) is 3.93. The molecule has 0 atom stereocenters. The van der Waals surface area contributed by atoms with Gasteiger partial charge in [0.05, 0.1) is 33.5 Å². The van der Waals surface area contributed by atoms with Gasteiger partial charge in [0, 0.05) is 39.2 Å². The smallest absolute Gasteiger partial charge is 0.143 e. The van der Waals surface area contributed by atoms with Gasteiger partial charge in [0.2, 0.25) is 0 Å². The van der Waals surface area contributed by atoms with Crippen molar-refractivity contribution in [3.8, 4) is 22.3 Å². The Labute approximate surface area is 358 Å². The van der Waals surface area contributed by atoms with Gasteiger partial charge in [0.15, 0.2) is 0 Å². The molecule has 2 aromatic heterocycles. The lowest BCUT2D eigenvalue weighted by atomic mass is 10.00. The number of nitrogens with zero attached hydrogens (tertiary/aromatic N) is 2. The van der Waals surface area contributed by atoms with Crippen LogP contribution >= 0.6 is 0 Å². The maximum Gasteiger partial charge on any atom is 0.143 e.